The van der Waals surface area contributed by atoms with Gasteiger partial charge in [0.1, 0.15) is 6.61 Å². The minimum Gasteiger partial charge on any atom is -0.478 e. The molecule has 0 bridgehead atoms. The topological polar surface area (TPSA) is 105 Å². The van der Waals surface area contributed by atoms with Crippen LogP contribution in [0.1, 0.15) is 40.7 Å². The maximum Gasteiger partial charge on any atom is 0.407 e. The number of alkyl carbamates (subject to hydrolysis) is 1. The summed E-state index contributed by atoms with van der Waals surface area (Å²) in [7, 11) is 0. The van der Waals surface area contributed by atoms with Gasteiger partial charge < -0.3 is 20.5 Å². The van der Waals surface area contributed by atoms with Crippen LogP contribution < -0.4 is 10.6 Å². The maximum atomic E-state index is 12.4. The Morgan fingerprint density at radius 3 is 2.24 bits per heavy atom. The molecule has 3 N–H and O–H groups in total. The Balaban J connectivity index is 1.31. The van der Waals surface area contributed by atoms with Gasteiger partial charge in [0.25, 0.3) is 0 Å². The Kier molecular flexibility index (Phi) is 6.98. The van der Waals surface area contributed by atoms with Crippen molar-refractivity contribution in [3.63, 3.8) is 0 Å². The van der Waals surface area contributed by atoms with Crippen LogP contribution in [0.15, 0.2) is 71.2 Å². The molecule has 0 aliphatic heterocycles. The third kappa shape index (κ3) is 5.28. The zero-order valence-electron chi connectivity index (χ0n) is 18.4. The average Bonchev–Trinajstić information content (AvgIpc) is 3.10. The molecule has 1 atom stereocenters. The first-order chi connectivity index (χ1) is 16.3. The highest BCUT2D eigenvalue weighted by Crippen LogP contribution is 2.44. The zero-order chi connectivity index (χ0) is 24.2. The molecule has 0 saturated heterocycles. The van der Waals surface area contributed by atoms with Gasteiger partial charge in [-0.2, -0.15) is 0 Å². The number of aromatic carboxylic acids is 1. The number of hydrogen-bond donors (Lipinski definition) is 3. The van der Waals surface area contributed by atoms with Crippen LogP contribution in [0.4, 0.5) is 10.5 Å². The number of ether oxygens (including phenoxy) is 1. The fraction of sp³-hybridized carbons (Fsp3) is 0.192. The summed E-state index contributed by atoms with van der Waals surface area (Å²) >= 11 is 3.23. The normalized spacial score (nSPS) is 12.9. The third-order valence-corrected chi connectivity index (χ3v) is 6.09. The third-order valence-electron chi connectivity index (χ3n) is 5.63. The summed E-state index contributed by atoms with van der Waals surface area (Å²) < 4.78 is 6.05. The lowest BCUT2D eigenvalue weighted by atomic mass is 9.98. The van der Waals surface area contributed by atoms with Crippen molar-refractivity contribution in [2.45, 2.75) is 25.3 Å². The number of benzene rings is 3. The minimum atomic E-state index is -1.10. The molecule has 3 aromatic rings. The fourth-order valence-electron chi connectivity index (χ4n) is 4.17. The van der Waals surface area contributed by atoms with Gasteiger partial charge in [-0.15, -0.1) is 0 Å². The summed E-state index contributed by atoms with van der Waals surface area (Å²) in [6, 6.07) is 20.1. The largest absolute Gasteiger partial charge is 0.478 e. The van der Waals surface area contributed by atoms with E-state index in [-0.39, 0.29) is 30.4 Å². The van der Waals surface area contributed by atoms with E-state index in [1.807, 2.05) is 36.4 Å². The Hall–Kier alpha value is -3.65. The van der Waals surface area contributed by atoms with Gasteiger partial charge in [0.05, 0.1) is 5.56 Å². The van der Waals surface area contributed by atoms with Crippen LogP contribution in [0.5, 0.6) is 0 Å². The SMILES string of the molecule is C[C@H](CC(=O)Nc1cc(Br)cc(C(=O)O)c1)NC(=O)OCC1c2ccccc2-c2ccccc21. The van der Waals surface area contributed by atoms with E-state index in [4.69, 9.17) is 9.84 Å². The lowest BCUT2D eigenvalue weighted by Crippen LogP contribution is -2.36. The molecule has 4 rings (SSSR count). The standard InChI is InChI=1S/C26H23BrN2O5/c1-15(10-24(30)29-18-12-16(25(31)32)11-17(27)13-18)28-26(33)34-14-23-21-8-4-2-6-19(21)20-7-3-5-9-22(20)23/h2-9,11-13,15,23H,10,14H2,1H3,(H,28,33)(H,29,30)(H,31,32)/t15-/m1/s1. The van der Waals surface area contributed by atoms with E-state index in [0.717, 1.165) is 22.3 Å². The summed E-state index contributed by atoms with van der Waals surface area (Å²) in [5.41, 5.74) is 4.95. The van der Waals surface area contributed by atoms with Crippen LogP contribution in [-0.2, 0) is 9.53 Å². The van der Waals surface area contributed by atoms with E-state index in [0.29, 0.717) is 10.2 Å². The lowest BCUT2D eigenvalue weighted by molar-refractivity contribution is -0.116. The second kappa shape index (κ2) is 10.1. The van der Waals surface area contributed by atoms with Crippen molar-refractivity contribution in [3.05, 3.63) is 87.9 Å². The van der Waals surface area contributed by atoms with Crippen molar-refractivity contribution in [1.82, 2.24) is 5.32 Å². The molecule has 2 amide bonds. The number of halogens is 1. The van der Waals surface area contributed by atoms with E-state index in [2.05, 4.69) is 38.7 Å². The second-order valence-electron chi connectivity index (χ2n) is 8.16. The molecule has 7 nitrogen and oxygen atoms in total. The van der Waals surface area contributed by atoms with Gasteiger partial charge in [-0.1, -0.05) is 64.5 Å². The van der Waals surface area contributed by atoms with Gasteiger partial charge in [-0.25, -0.2) is 9.59 Å². The molecule has 8 heteroatoms. The number of carbonyl (C=O) groups excluding carboxylic acids is 2. The van der Waals surface area contributed by atoms with Gasteiger partial charge in [0.15, 0.2) is 0 Å². The molecule has 174 valence electrons. The number of hydrogen-bond acceptors (Lipinski definition) is 4. The molecule has 0 fully saturated rings. The van der Waals surface area contributed by atoms with Gasteiger partial charge in [0, 0.05) is 28.5 Å². The van der Waals surface area contributed by atoms with E-state index in [9.17, 15) is 14.4 Å². The van der Waals surface area contributed by atoms with Crippen molar-refractivity contribution < 1.29 is 24.2 Å². The summed E-state index contributed by atoms with van der Waals surface area (Å²) in [6.07, 6.45) is -0.600. The summed E-state index contributed by atoms with van der Waals surface area (Å²) in [6.45, 7) is 1.89. The summed E-state index contributed by atoms with van der Waals surface area (Å²) in [5, 5.41) is 14.5. The highest BCUT2D eigenvalue weighted by Gasteiger charge is 2.29. The fourth-order valence-corrected chi connectivity index (χ4v) is 4.66. The van der Waals surface area contributed by atoms with Gasteiger partial charge in [0.2, 0.25) is 5.91 Å². The van der Waals surface area contributed by atoms with Gasteiger partial charge >= 0.3 is 12.1 Å². The zero-order valence-corrected chi connectivity index (χ0v) is 20.0. The first-order valence-electron chi connectivity index (χ1n) is 10.8. The Morgan fingerprint density at radius 1 is 1.00 bits per heavy atom. The van der Waals surface area contributed by atoms with Crippen LogP contribution in [0.2, 0.25) is 0 Å². The number of anilines is 1. The minimum absolute atomic E-state index is 0.000879. The first-order valence-corrected chi connectivity index (χ1v) is 11.6. The smallest absolute Gasteiger partial charge is 0.407 e. The van der Waals surface area contributed by atoms with Crippen molar-refractivity contribution in [2.24, 2.45) is 0 Å². The molecule has 0 saturated carbocycles. The summed E-state index contributed by atoms with van der Waals surface area (Å²) in [5.74, 6) is -1.50. The number of carboxylic acids is 1. The number of fused-ring (bicyclic) bond motifs is 3. The monoisotopic (exact) mass is 522 g/mol. The molecule has 3 aromatic carbocycles. The van der Waals surface area contributed by atoms with Crippen molar-refractivity contribution in [1.29, 1.82) is 0 Å². The van der Waals surface area contributed by atoms with Crippen molar-refractivity contribution in [3.8, 4) is 11.1 Å². The molecule has 0 unspecified atom stereocenters. The highest BCUT2D eigenvalue weighted by molar-refractivity contribution is 9.10. The van der Waals surface area contributed by atoms with Gasteiger partial charge in [-0.3, -0.25) is 4.79 Å². The predicted octanol–water partition coefficient (Wildman–Crippen LogP) is 5.40. The number of rotatable bonds is 7. The number of nitrogens with one attached hydrogen (secondary N) is 2. The average molecular weight is 523 g/mol. The molecule has 0 radical (unpaired) electrons. The predicted molar refractivity (Wildman–Crippen MR) is 132 cm³/mol. The van der Waals surface area contributed by atoms with Gasteiger partial charge in [-0.05, 0) is 47.4 Å². The first kappa shape index (κ1) is 23.5. The van der Waals surface area contributed by atoms with Crippen LogP contribution >= 0.6 is 15.9 Å². The molecule has 1 aliphatic carbocycles. The van der Waals surface area contributed by atoms with Crippen LogP contribution in [0, 0.1) is 0 Å². The van der Waals surface area contributed by atoms with E-state index >= 15 is 0 Å². The molecule has 1 aliphatic rings. The molecular formula is C26H23BrN2O5. The van der Waals surface area contributed by atoms with Crippen LogP contribution in [0.25, 0.3) is 11.1 Å². The van der Waals surface area contributed by atoms with E-state index in [1.54, 1.807) is 13.0 Å². The van der Waals surface area contributed by atoms with Crippen LogP contribution in [0.3, 0.4) is 0 Å². The molecule has 0 aromatic heterocycles. The van der Waals surface area contributed by atoms with E-state index < -0.39 is 18.1 Å². The Morgan fingerprint density at radius 2 is 1.62 bits per heavy atom. The van der Waals surface area contributed by atoms with Crippen molar-refractivity contribution >= 4 is 39.6 Å². The highest BCUT2D eigenvalue weighted by atomic mass is 79.9. The molecular weight excluding hydrogens is 500 g/mol. The quantitative estimate of drug-likeness (QED) is 0.385. The Labute approximate surface area is 205 Å². The lowest BCUT2D eigenvalue weighted by Gasteiger charge is -2.17. The Bertz CT molecular complexity index is 1210. The van der Waals surface area contributed by atoms with E-state index in [1.165, 1.54) is 12.1 Å². The number of carbonyl (C=O) groups is 3. The van der Waals surface area contributed by atoms with Crippen molar-refractivity contribution in [2.75, 3.05) is 11.9 Å². The summed E-state index contributed by atoms with van der Waals surface area (Å²) in [4.78, 5) is 36.0. The second-order valence-corrected chi connectivity index (χ2v) is 9.07. The molecule has 0 heterocycles. The molecule has 0 spiro atoms. The number of carboxylic acid groups (broad SMARTS) is 1. The van der Waals surface area contributed by atoms with Crippen LogP contribution in [-0.4, -0.2) is 35.7 Å². The molecule has 34 heavy (non-hydrogen) atoms. The number of amides is 2. The maximum absolute atomic E-state index is 12.4.